The summed E-state index contributed by atoms with van der Waals surface area (Å²) in [4.78, 5) is 25.6. The van der Waals surface area contributed by atoms with E-state index in [4.69, 9.17) is 5.11 Å². The summed E-state index contributed by atoms with van der Waals surface area (Å²) in [6, 6.07) is 0. The summed E-state index contributed by atoms with van der Waals surface area (Å²) in [5.41, 5.74) is 1.03. The number of aromatic nitrogens is 2. The van der Waals surface area contributed by atoms with Crippen LogP contribution in [-0.2, 0) is 7.05 Å². The normalized spacial score (nSPS) is 9.86. The number of aryl methyl sites for hydroxylation is 2. The maximum Gasteiger partial charge on any atom is 0.405 e. The van der Waals surface area contributed by atoms with Crippen LogP contribution >= 0.6 is 0 Å². The Kier molecular flexibility index (Phi) is 2.85. The van der Waals surface area contributed by atoms with Gasteiger partial charge in [-0.3, -0.25) is 4.79 Å². The molecule has 0 saturated heterocycles. The van der Waals surface area contributed by atoms with Crippen LogP contribution in [0.25, 0.3) is 0 Å². The number of Topliss-reactive ketones (excluding diaryl/α,β-unsaturated/α-hetero) is 1. The molecule has 0 radical (unpaired) electrons. The fourth-order valence-corrected chi connectivity index (χ4v) is 1.19. The molecule has 6 nitrogen and oxygen atoms in total. The number of nitrogens with one attached hydrogen (secondary N) is 1. The van der Waals surface area contributed by atoms with E-state index in [2.05, 4.69) is 4.98 Å². The highest BCUT2D eigenvalue weighted by atomic mass is 16.4. The Morgan fingerprint density at radius 1 is 1.64 bits per heavy atom. The highest BCUT2D eigenvalue weighted by molar-refractivity contribution is 5.98. The molecule has 0 aliphatic rings. The molecule has 1 amide bonds. The van der Waals surface area contributed by atoms with E-state index in [-0.39, 0.29) is 12.3 Å². The molecular formula is C8H11N3O3. The van der Waals surface area contributed by atoms with Gasteiger partial charge in [0.05, 0.1) is 18.6 Å². The number of nitrogens with zero attached hydrogens (tertiary/aromatic N) is 2. The minimum atomic E-state index is -1.21. The smallest absolute Gasteiger partial charge is 0.405 e. The van der Waals surface area contributed by atoms with Crippen LogP contribution in [0.5, 0.6) is 0 Å². The van der Waals surface area contributed by atoms with Crippen LogP contribution in [-0.4, -0.2) is 33.1 Å². The van der Waals surface area contributed by atoms with Crippen LogP contribution in [0.1, 0.15) is 16.2 Å². The van der Waals surface area contributed by atoms with Crippen molar-refractivity contribution in [1.29, 1.82) is 0 Å². The Balaban J connectivity index is 2.74. The maximum atomic E-state index is 11.5. The van der Waals surface area contributed by atoms with E-state index in [1.54, 1.807) is 18.5 Å². The molecule has 1 rings (SSSR count). The maximum absolute atomic E-state index is 11.5. The van der Waals surface area contributed by atoms with Crippen molar-refractivity contribution < 1.29 is 14.7 Å². The average molecular weight is 197 g/mol. The molecule has 1 aromatic heterocycles. The zero-order valence-electron chi connectivity index (χ0n) is 7.94. The summed E-state index contributed by atoms with van der Waals surface area (Å²) in [7, 11) is 1.69. The summed E-state index contributed by atoms with van der Waals surface area (Å²) in [6.07, 6.45) is 0.307. The summed E-state index contributed by atoms with van der Waals surface area (Å²) < 4.78 is 1.57. The third kappa shape index (κ3) is 2.09. The summed E-state index contributed by atoms with van der Waals surface area (Å²) in [5, 5.41) is 10.3. The molecule has 6 heteroatoms. The molecule has 0 atom stereocenters. The number of imidazole rings is 1. The van der Waals surface area contributed by atoms with Crippen molar-refractivity contribution in [2.24, 2.45) is 7.05 Å². The zero-order valence-corrected chi connectivity index (χ0v) is 7.94. The first-order valence-electron chi connectivity index (χ1n) is 4.00. The van der Waals surface area contributed by atoms with Gasteiger partial charge in [0.25, 0.3) is 0 Å². The van der Waals surface area contributed by atoms with Gasteiger partial charge in [-0.25, -0.2) is 9.78 Å². The second-order valence-electron chi connectivity index (χ2n) is 2.87. The number of hydrogen-bond donors (Lipinski definition) is 2. The van der Waals surface area contributed by atoms with E-state index in [9.17, 15) is 9.59 Å². The zero-order chi connectivity index (χ0) is 10.7. The van der Waals surface area contributed by atoms with E-state index in [1.807, 2.05) is 5.32 Å². The number of rotatable bonds is 3. The number of ketones is 1. The van der Waals surface area contributed by atoms with Crippen molar-refractivity contribution >= 4 is 11.9 Å². The standard InChI is InChI=1S/C8H11N3O3/c1-5-7(11(2)4-10-5)6(12)3-9-8(13)14/h4,9H,3H2,1-2H3,(H,13,14). The molecule has 2 N–H and O–H groups in total. The fraction of sp³-hybridized carbons (Fsp3) is 0.375. The summed E-state index contributed by atoms with van der Waals surface area (Å²) in [6.45, 7) is 1.48. The Hall–Kier alpha value is -1.85. The van der Waals surface area contributed by atoms with Crippen molar-refractivity contribution in [3.63, 3.8) is 0 Å². The van der Waals surface area contributed by atoms with Gasteiger partial charge < -0.3 is 15.0 Å². The molecule has 76 valence electrons. The highest BCUT2D eigenvalue weighted by Gasteiger charge is 2.14. The van der Waals surface area contributed by atoms with Crippen molar-refractivity contribution in [2.75, 3.05) is 6.54 Å². The van der Waals surface area contributed by atoms with Crippen LogP contribution in [0.4, 0.5) is 4.79 Å². The summed E-state index contributed by atoms with van der Waals surface area (Å²) in [5.74, 6) is -0.287. The van der Waals surface area contributed by atoms with Gasteiger partial charge in [-0.15, -0.1) is 0 Å². The van der Waals surface area contributed by atoms with E-state index >= 15 is 0 Å². The molecule has 0 unspecified atom stereocenters. The molecule has 1 heterocycles. The van der Waals surface area contributed by atoms with E-state index in [1.165, 1.54) is 6.33 Å². The number of carbonyl (C=O) groups excluding carboxylic acids is 1. The van der Waals surface area contributed by atoms with Crippen molar-refractivity contribution in [3.8, 4) is 0 Å². The first-order chi connectivity index (χ1) is 6.52. The molecule has 0 bridgehead atoms. The van der Waals surface area contributed by atoms with Crippen LogP contribution in [0, 0.1) is 6.92 Å². The lowest BCUT2D eigenvalue weighted by Gasteiger charge is -2.02. The number of carboxylic acid groups (broad SMARTS) is 1. The Morgan fingerprint density at radius 3 is 2.71 bits per heavy atom. The van der Waals surface area contributed by atoms with Gasteiger partial charge >= 0.3 is 6.09 Å². The van der Waals surface area contributed by atoms with Gasteiger partial charge in [0.15, 0.2) is 5.78 Å². The monoisotopic (exact) mass is 197 g/mol. The van der Waals surface area contributed by atoms with Crippen LogP contribution in [0.2, 0.25) is 0 Å². The molecule has 0 aliphatic heterocycles. The number of hydrogen-bond acceptors (Lipinski definition) is 3. The third-order valence-corrected chi connectivity index (χ3v) is 1.78. The van der Waals surface area contributed by atoms with E-state index < -0.39 is 6.09 Å². The number of amides is 1. The molecule has 0 spiro atoms. The first-order valence-corrected chi connectivity index (χ1v) is 4.00. The highest BCUT2D eigenvalue weighted by Crippen LogP contribution is 2.04. The lowest BCUT2D eigenvalue weighted by atomic mass is 10.2. The van der Waals surface area contributed by atoms with Crippen LogP contribution < -0.4 is 5.32 Å². The average Bonchev–Trinajstić information content (AvgIpc) is 2.42. The SMILES string of the molecule is Cc1ncn(C)c1C(=O)CNC(=O)O. The van der Waals surface area contributed by atoms with Gasteiger partial charge in [0.2, 0.25) is 0 Å². The topological polar surface area (TPSA) is 84.2 Å². The molecule has 0 aliphatic carbocycles. The lowest BCUT2D eigenvalue weighted by molar-refractivity contribution is 0.0978. The fourth-order valence-electron chi connectivity index (χ4n) is 1.19. The molecule has 0 aromatic carbocycles. The molecule has 0 fully saturated rings. The van der Waals surface area contributed by atoms with Gasteiger partial charge in [0.1, 0.15) is 5.69 Å². The van der Waals surface area contributed by atoms with E-state index in [0.29, 0.717) is 11.4 Å². The second kappa shape index (κ2) is 3.91. The minimum Gasteiger partial charge on any atom is -0.465 e. The van der Waals surface area contributed by atoms with Crippen LogP contribution in [0.15, 0.2) is 6.33 Å². The quantitative estimate of drug-likeness (QED) is 0.677. The Labute approximate surface area is 80.6 Å². The van der Waals surface area contributed by atoms with Gasteiger partial charge in [-0.2, -0.15) is 0 Å². The van der Waals surface area contributed by atoms with Gasteiger partial charge in [0, 0.05) is 7.05 Å². The van der Waals surface area contributed by atoms with E-state index in [0.717, 1.165) is 0 Å². The largest absolute Gasteiger partial charge is 0.465 e. The molecule has 1 aromatic rings. The third-order valence-electron chi connectivity index (χ3n) is 1.78. The van der Waals surface area contributed by atoms with Crippen molar-refractivity contribution in [3.05, 3.63) is 17.7 Å². The van der Waals surface area contributed by atoms with Gasteiger partial charge in [-0.05, 0) is 6.92 Å². The lowest BCUT2D eigenvalue weighted by Crippen LogP contribution is -2.29. The molecular weight excluding hydrogens is 186 g/mol. The molecule has 0 saturated carbocycles. The minimum absolute atomic E-state index is 0.226. The number of carbonyl (C=O) groups is 2. The van der Waals surface area contributed by atoms with Crippen molar-refractivity contribution in [1.82, 2.24) is 14.9 Å². The van der Waals surface area contributed by atoms with Gasteiger partial charge in [-0.1, -0.05) is 0 Å². The predicted octanol–water partition coefficient (Wildman–Crippen LogP) is 0.179. The summed E-state index contributed by atoms with van der Waals surface area (Å²) >= 11 is 0. The molecule has 14 heavy (non-hydrogen) atoms. The second-order valence-corrected chi connectivity index (χ2v) is 2.87. The predicted molar refractivity (Wildman–Crippen MR) is 48.3 cm³/mol. The Morgan fingerprint density at radius 2 is 2.29 bits per heavy atom. The Bertz CT molecular complexity index is 350. The first kappa shape index (κ1) is 10.2. The van der Waals surface area contributed by atoms with Crippen molar-refractivity contribution in [2.45, 2.75) is 6.92 Å². The van der Waals surface area contributed by atoms with Crippen LogP contribution in [0.3, 0.4) is 0 Å².